The summed E-state index contributed by atoms with van der Waals surface area (Å²) in [5.41, 5.74) is 1.65. The van der Waals surface area contributed by atoms with Gasteiger partial charge in [-0.15, -0.1) is 0 Å². The minimum absolute atomic E-state index is 0.110. The summed E-state index contributed by atoms with van der Waals surface area (Å²) in [5, 5.41) is 3.20. The van der Waals surface area contributed by atoms with Gasteiger partial charge in [-0.1, -0.05) is 31.0 Å². The summed E-state index contributed by atoms with van der Waals surface area (Å²) in [7, 11) is 3.18. The number of rotatable bonds is 12. The fourth-order valence-electron chi connectivity index (χ4n) is 4.91. The molecule has 0 aliphatic heterocycles. The van der Waals surface area contributed by atoms with Gasteiger partial charge < -0.3 is 28.8 Å². The summed E-state index contributed by atoms with van der Waals surface area (Å²) in [6.45, 7) is 2.74. The number of amides is 2. The smallest absolute Gasteiger partial charge is 0.290 e. The first-order valence-electron chi connectivity index (χ1n) is 13.1. The fraction of sp³-hybridized carbons (Fsp3) is 0.400. The van der Waals surface area contributed by atoms with Crippen LogP contribution in [-0.4, -0.2) is 50.1 Å². The Morgan fingerprint density at radius 3 is 2.39 bits per heavy atom. The average Bonchev–Trinajstić information content (AvgIpc) is 3.66. The molecule has 2 aromatic carbocycles. The summed E-state index contributed by atoms with van der Waals surface area (Å²) >= 11 is 0. The van der Waals surface area contributed by atoms with Crippen LogP contribution < -0.4 is 19.5 Å². The van der Waals surface area contributed by atoms with Crippen molar-refractivity contribution >= 4 is 11.8 Å². The summed E-state index contributed by atoms with van der Waals surface area (Å²) in [6.07, 6.45) is 6.03. The highest BCUT2D eigenvalue weighted by atomic mass is 16.5. The molecule has 4 rings (SSSR count). The lowest BCUT2D eigenvalue weighted by Crippen LogP contribution is -2.46. The van der Waals surface area contributed by atoms with E-state index in [1.807, 2.05) is 49.4 Å². The number of nitrogens with one attached hydrogen (secondary N) is 1. The molecular weight excluding hydrogens is 484 g/mol. The molecule has 8 heteroatoms. The quantitative estimate of drug-likeness (QED) is 0.354. The van der Waals surface area contributed by atoms with E-state index in [1.54, 1.807) is 31.3 Å². The van der Waals surface area contributed by atoms with Gasteiger partial charge in [0.25, 0.3) is 5.91 Å². The van der Waals surface area contributed by atoms with E-state index in [0.717, 1.165) is 31.2 Å². The summed E-state index contributed by atoms with van der Waals surface area (Å²) in [5.74, 6) is 1.57. The van der Waals surface area contributed by atoms with Crippen molar-refractivity contribution in [1.29, 1.82) is 0 Å². The van der Waals surface area contributed by atoms with Crippen molar-refractivity contribution in [3.8, 4) is 17.2 Å². The molecule has 2 amide bonds. The van der Waals surface area contributed by atoms with Gasteiger partial charge in [-0.3, -0.25) is 9.59 Å². The first-order chi connectivity index (χ1) is 18.5. The van der Waals surface area contributed by atoms with Crippen molar-refractivity contribution in [3.63, 3.8) is 0 Å². The monoisotopic (exact) mass is 520 g/mol. The van der Waals surface area contributed by atoms with Crippen LogP contribution in [0.15, 0.2) is 65.3 Å². The number of benzene rings is 2. The van der Waals surface area contributed by atoms with Crippen LogP contribution in [0.3, 0.4) is 0 Å². The van der Waals surface area contributed by atoms with Crippen LogP contribution in [0.1, 0.15) is 60.3 Å². The van der Waals surface area contributed by atoms with Crippen molar-refractivity contribution in [2.45, 2.75) is 51.1 Å². The van der Waals surface area contributed by atoms with Gasteiger partial charge in [0.15, 0.2) is 17.3 Å². The van der Waals surface area contributed by atoms with E-state index in [2.05, 4.69) is 5.32 Å². The highest BCUT2D eigenvalue weighted by molar-refractivity contribution is 5.96. The molecular formula is C30H36N2O6. The molecule has 8 nitrogen and oxygen atoms in total. The molecule has 0 saturated heterocycles. The maximum Gasteiger partial charge on any atom is 0.290 e. The third kappa shape index (κ3) is 6.49. The second-order valence-electron chi connectivity index (χ2n) is 9.31. The number of hydrogen-bond acceptors (Lipinski definition) is 6. The zero-order valence-corrected chi connectivity index (χ0v) is 22.3. The van der Waals surface area contributed by atoms with Crippen LogP contribution >= 0.6 is 0 Å². The molecule has 3 aromatic rings. The highest BCUT2D eigenvalue weighted by Gasteiger charge is 2.34. The van der Waals surface area contributed by atoms with Crippen LogP contribution in [0.4, 0.5) is 0 Å². The van der Waals surface area contributed by atoms with Crippen molar-refractivity contribution in [3.05, 3.63) is 77.7 Å². The molecule has 1 N–H and O–H groups in total. The Balaban J connectivity index is 1.68. The molecule has 1 aliphatic carbocycles. The molecule has 1 fully saturated rings. The average molecular weight is 521 g/mol. The van der Waals surface area contributed by atoms with Gasteiger partial charge in [-0.25, -0.2) is 0 Å². The van der Waals surface area contributed by atoms with Crippen LogP contribution in [0.2, 0.25) is 0 Å². The van der Waals surface area contributed by atoms with Crippen LogP contribution in [-0.2, 0) is 11.2 Å². The lowest BCUT2D eigenvalue weighted by Gasteiger charge is -2.32. The van der Waals surface area contributed by atoms with Crippen molar-refractivity contribution in [2.75, 3.05) is 27.4 Å². The van der Waals surface area contributed by atoms with E-state index in [9.17, 15) is 9.59 Å². The van der Waals surface area contributed by atoms with E-state index in [4.69, 9.17) is 18.6 Å². The van der Waals surface area contributed by atoms with Crippen LogP contribution in [0.25, 0.3) is 0 Å². The minimum atomic E-state index is -0.843. The SMILES string of the molecule is CCOc1ccc([C@@H](C(=O)NC2CCCC2)N(CCc2ccc(OC)c(OC)c2)C(=O)c2ccco2)cc1. The summed E-state index contributed by atoms with van der Waals surface area (Å²) in [4.78, 5) is 29.2. The molecule has 1 aliphatic rings. The van der Waals surface area contributed by atoms with Gasteiger partial charge in [0.2, 0.25) is 5.91 Å². The first kappa shape index (κ1) is 27.1. The third-order valence-corrected chi connectivity index (χ3v) is 6.85. The van der Waals surface area contributed by atoms with Crippen LogP contribution in [0.5, 0.6) is 17.2 Å². The zero-order valence-electron chi connectivity index (χ0n) is 22.3. The Bertz CT molecular complexity index is 1190. The van der Waals surface area contributed by atoms with Crippen LogP contribution in [0, 0.1) is 0 Å². The molecule has 0 radical (unpaired) electrons. The van der Waals surface area contributed by atoms with Gasteiger partial charge in [-0.05, 0) is 73.7 Å². The maximum atomic E-state index is 13.8. The number of methoxy groups -OCH3 is 2. The number of furan rings is 1. The lowest BCUT2D eigenvalue weighted by atomic mass is 10.0. The molecule has 1 heterocycles. The molecule has 1 saturated carbocycles. The molecule has 0 spiro atoms. The van der Waals surface area contributed by atoms with Gasteiger partial charge in [0, 0.05) is 12.6 Å². The van der Waals surface area contributed by atoms with Gasteiger partial charge in [0.05, 0.1) is 27.1 Å². The topological polar surface area (TPSA) is 90.2 Å². The normalized spacial score (nSPS) is 14.1. The standard InChI is InChI=1S/C30H36N2O6/c1-4-37-24-14-12-22(13-15-24)28(29(33)31-23-8-5-6-9-23)32(30(34)26-10-7-19-38-26)18-17-21-11-16-25(35-2)27(20-21)36-3/h7,10-16,19-20,23,28H,4-6,8-9,17-18H2,1-3H3,(H,31,33)/t28-/m0/s1. The minimum Gasteiger partial charge on any atom is -0.494 e. The molecule has 202 valence electrons. The number of carbonyl (C=O) groups is 2. The predicted octanol–water partition coefficient (Wildman–Crippen LogP) is 5.18. The molecule has 1 aromatic heterocycles. The fourth-order valence-corrected chi connectivity index (χ4v) is 4.91. The van der Waals surface area contributed by atoms with E-state index in [0.29, 0.717) is 35.8 Å². The highest BCUT2D eigenvalue weighted by Crippen LogP contribution is 2.30. The van der Waals surface area contributed by atoms with Crippen molar-refractivity contribution < 1.29 is 28.2 Å². The molecule has 0 bridgehead atoms. The summed E-state index contributed by atoms with van der Waals surface area (Å²) in [6, 6.07) is 15.6. The van der Waals surface area contributed by atoms with Gasteiger partial charge >= 0.3 is 0 Å². The first-order valence-corrected chi connectivity index (χ1v) is 13.1. The molecule has 1 atom stereocenters. The van der Waals surface area contributed by atoms with E-state index in [1.165, 1.54) is 6.26 Å². The maximum absolute atomic E-state index is 13.8. The Morgan fingerprint density at radius 1 is 1.03 bits per heavy atom. The predicted molar refractivity (Wildman–Crippen MR) is 144 cm³/mol. The molecule has 38 heavy (non-hydrogen) atoms. The number of carbonyl (C=O) groups excluding carboxylic acids is 2. The van der Waals surface area contributed by atoms with Crippen molar-refractivity contribution in [1.82, 2.24) is 10.2 Å². The largest absolute Gasteiger partial charge is 0.494 e. The van der Waals surface area contributed by atoms with E-state index >= 15 is 0 Å². The number of ether oxygens (including phenoxy) is 3. The van der Waals surface area contributed by atoms with E-state index in [-0.39, 0.29) is 30.2 Å². The number of hydrogen-bond donors (Lipinski definition) is 1. The Morgan fingerprint density at radius 2 is 1.76 bits per heavy atom. The van der Waals surface area contributed by atoms with Gasteiger partial charge in [0.1, 0.15) is 11.8 Å². The third-order valence-electron chi connectivity index (χ3n) is 6.85. The Kier molecular flexibility index (Phi) is 9.30. The second-order valence-corrected chi connectivity index (χ2v) is 9.31. The van der Waals surface area contributed by atoms with E-state index < -0.39 is 6.04 Å². The van der Waals surface area contributed by atoms with Gasteiger partial charge in [-0.2, -0.15) is 0 Å². The summed E-state index contributed by atoms with van der Waals surface area (Å²) < 4.78 is 21.9. The lowest BCUT2D eigenvalue weighted by molar-refractivity contribution is -0.126. The number of nitrogens with zero attached hydrogens (tertiary/aromatic N) is 1. The van der Waals surface area contributed by atoms with Crippen molar-refractivity contribution in [2.24, 2.45) is 0 Å². The zero-order chi connectivity index (χ0) is 26.9. The second kappa shape index (κ2) is 13.0. The molecule has 0 unspecified atom stereocenters. The Hall–Kier alpha value is -3.94. The Labute approximate surface area is 223 Å².